The minimum Gasteiger partial charge on any atom is -0.507 e. The van der Waals surface area contributed by atoms with Crippen LogP contribution >= 0.6 is 0 Å². The Morgan fingerprint density at radius 2 is 1.58 bits per heavy atom. The first-order valence-electron chi connectivity index (χ1n) is 13.2. The number of hydrogen-bond acceptors (Lipinski definition) is 5. The number of Topliss-reactive ketones (excluding diaryl/α,β-unsaturated/α-hetero) is 1. The summed E-state index contributed by atoms with van der Waals surface area (Å²) in [6.45, 7) is 4.79. The molecular weight excluding hydrogens is 484 g/mol. The maximum Gasteiger partial charge on any atom is 0.339 e. The van der Waals surface area contributed by atoms with Crippen LogP contribution in [0.1, 0.15) is 75.6 Å². The van der Waals surface area contributed by atoms with E-state index in [1.54, 1.807) is 0 Å². The van der Waals surface area contributed by atoms with E-state index in [4.69, 9.17) is 9.84 Å². The van der Waals surface area contributed by atoms with Crippen LogP contribution in [-0.2, 0) is 9.53 Å². The van der Waals surface area contributed by atoms with Crippen LogP contribution in [0.15, 0.2) is 66.8 Å². The highest BCUT2D eigenvalue weighted by atomic mass is 16.5. The Morgan fingerprint density at radius 3 is 2.18 bits per heavy atom. The minimum absolute atomic E-state index is 0.00416. The quantitative estimate of drug-likeness (QED) is 0.0920. The summed E-state index contributed by atoms with van der Waals surface area (Å²) in [4.78, 5) is 35.5. The summed E-state index contributed by atoms with van der Waals surface area (Å²) in [6, 6.07) is 3.24. The summed E-state index contributed by atoms with van der Waals surface area (Å²) in [5.41, 5.74) is -0.0672. The van der Waals surface area contributed by atoms with Gasteiger partial charge in [-0.15, -0.1) is 0 Å². The van der Waals surface area contributed by atoms with E-state index in [1.807, 2.05) is 6.92 Å². The maximum atomic E-state index is 12.4. The zero-order valence-corrected chi connectivity index (χ0v) is 22.5. The number of aromatic hydroxyl groups is 1. The number of carbonyl (C=O) groups excluding carboxylic acids is 2. The fourth-order valence-electron chi connectivity index (χ4n) is 3.40. The van der Waals surface area contributed by atoms with E-state index >= 15 is 0 Å². The molecule has 0 bridgehead atoms. The molecule has 0 saturated carbocycles. The molecule has 0 aliphatic rings. The second kappa shape index (κ2) is 20.4. The number of rotatable bonds is 19. The number of urea groups is 1. The van der Waals surface area contributed by atoms with Gasteiger partial charge in [-0.25, -0.2) is 9.59 Å². The summed E-state index contributed by atoms with van der Waals surface area (Å²) in [5, 5.41) is 23.7. The van der Waals surface area contributed by atoms with Gasteiger partial charge in [-0.05, 0) is 63.1 Å². The van der Waals surface area contributed by atoms with E-state index in [9.17, 15) is 19.5 Å². The van der Waals surface area contributed by atoms with Crippen molar-refractivity contribution < 1.29 is 29.3 Å². The molecule has 8 nitrogen and oxygen atoms in total. The molecule has 1 aromatic carbocycles. The lowest BCUT2D eigenvalue weighted by molar-refractivity contribution is -0.130. The fraction of sp³-hybridized carbons (Fsp3) is 0.433. The predicted octanol–water partition coefficient (Wildman–Crippen LogP) is 6.55. The van der Waals surface area contributed by atoms with Crippen molar-refractivity contribution in [3.05, 3.63) is 72.4 Å². The molecule has 0 aromatic heterocycles. The third kappa shape index (κ3) is 14.8. The van der Waals surface area contributed by atoms with Gasteiger partial charge in [0, 0.05) is 18.7 Å². The molecular formula is C30H42N2O6. The average molecular weight is 527 g/mol. The number of carbonyl (C=O) groups is 3. The summed E-state index contributed by atoms with van der Waals surface area (Å²) >= 11 is 0. The van der Waals surface area contributed by atoms with Gasteiger partial charge in [0.1, 0.15) is 17.4 Å². The molecule has 38 heavy (non-hydrogen) atoms. The standard InChI is InChI=1S/C30H42N2O6/c1-3-5-6-7-8-9-10-11-12-13-14-15-16-22-38-28(4-2)27(34)18-17-21-31-30(37)32-24-19-20-26(33)25(23-24)29(35)36/h5-6,8-9,11-12,14-15,19-20,23,28,33H,3-4,7,10,13,16-18,21-22H2,1-2H3,(H,35,36)(H2,31,32,37)/b6-5-,9-8-,12-11-,15-14-. The van der Waals surface area contributed by atoms with E-state index in [2.05, 4.69) is 66.2 Å². The van der Waals surface area contributed by atoms with Crippen molar-refractivity contribution in [3.8, 4) is 5.75 Å². The Morgan fingerprint density at radius 1 is 0.947 bits per heavy atom. The third-order valence-corrected chi connectivity index (χ3v) is 5.42. The molecule has 0 saturated heterocycles. The first-order chi connectivity index (χ1) is 18.4. The topological polar surface area (TPSA) is 125 Å². The summed E-state index contributed by atoms with van der Waals surface area (Å²) in [5.74, 6) is -1.67. The highest BCUT2D eigenvalue weighted by Gasteiger charge is 2.16. The van der Waals surface area contributed by atoms with Gasteiger partial charge in [-0.3, -0.25) is 4.79 Å². The van der Waals surface area contributed by atoms with Gasteiger partial charge in [0.15, 0.2) is 5.78 Å². The Balaban J connectivity index is 2.19. The second-order valence-corrected chi connectivity index (χ2v) is 8.55. The van der Waals surface area contributed by atoms with Crippen molar-refractivity contribution in [2.75, 3.05) is 18.5 Å². The van der Waals surface area contributed by atoms with Gasteiger partial charge in [-0.2, -0.15) is 0 Å². The number of amides is 2. The SMILES string of the molecule is CC/C=C\C/C=C\C/C=C\C/C=C\CCOC(CC)C(=O)CCCNC(=O)Nc1ccc(O)c(C(=O)O)c1. The van der Waals surface area contributed by atoms with Crippen LogP contribution in [0.4, 0.5) is 10.5 Å². The zero-order valence-electron chi connectivity index (χ0n) is 22.5. The van der Waals surface area contributed by atoms with Crippen molar-refractivity contribution in [1.82, 2.24) is 5.32 Å². The lowest BCUT2D eigenvalue weighted by Crippen LogP contribution is -2.31. The first-order valence-corrected chi connectivity index (χ1v) is 13.2. The Labute approximate surface area is 226 Å². The molecule has 8 heteroatoms. The smallest absolute Gasteiger partial charge is 0.339 e. The molecule has 2 amide bonds. The van der Waals surface area contributed by atoms with Crippen LogP contribution < -0.4 is 10.6 Å². The van der Waals surface area contributed by atoms with Crippen molar-refractivity contribution in [1.29, 1.82) is 0 Å². The number of carboxylic acids is 1. The highest BCUT2D eigenvalue weighted by Crippen LogP contribution is 2.21. The lowest BCUT2D eigenvalue weighted by Gasteiger charge is -2.14. The van der Waals surface area contributed by atoms with E-state index in [0.717, 1.165) is 32.1 Å². The number of benzene rings is 1. The van der Waals surface area contributed by atoms with Crippen LogP contribution in [0.2, 0.25) is 0 Å². The summed E-state index contributed by atoms with van der Waals surface area (Å²) in [7, 11) is 0. The van der Waals surface area contributed by atoms with E-state index < -0.39 is 18.1 Å². The van der Waals surface area contributed by atoms with Crippen LogP contribution in [0.3, 0.4) is 0 Å². The molecule has 1 rings (SSSR count). The number of allylic oxidation sites excluding steroid dienone is 7. The molecule has 1 unspecified atom stereocenters. The zero-order chi connectivity index (χ0) is 28.0. The van der Waals surface area contributed by atoms with Crippen molar-refractivity contribution in [2.24, 2.45) is 0 Å². The summed E-state index contributed by atoms with van der Waals surface area (Å²) < 4.78 is 5.75. The molecule has 0 aliphatic carbocycles. The average Bonchev–Trinajstić information content (AvgIpc) is 2.89. The van der Waals surface area contributed by atoms with E-state index in [0.29, 0.717) is 19.4 Å². The van der Waals surface area contributed by atoms with Gasteiger partial charge >= 0.3 is 12.0 Å². The number of nitrogens with one attached hydrogen (secondary N) is 2. The number of carboxylic acid groups (broad SMARTS) is 1. The Kier molecular flexibility index (Phi) is 17.4. The van der Waals surface area contributed by atoms with Crippen molar-refractivity contribution in [2.45, 2.75) is 71.3 Å². The number of anilines is 1. The molecule has 0 spiro atoms. The molecule has 0 radical (unpaired) electrons. The highest BCUT2D eigenvalue weighted by molar-refractivity contribution is 5.95. The van der Waals surface area contributed by atoms with Crippen LogP contribution in [-0.4, -0.2) is 47.3 Å². The van der Waals surface area contributed by atoms with Gasteiger partial charge < -0.3 is 25.6 Å². The largest absolute Gasteiger partial charge is 0.507 e. The molecule has 1 atom stereocenters. The first kappa shape index (κ1) is 32.4. The monoisotopic (exact) mass is 526 g/mol. The van der Waals surface area contributed by atoms with Crippen LogP contribution in [0, 0.1) is 0 Å². The lowest BCUT2D eigenvalue weighted by atomic mass is 10.1. The van der Waals surface area contributed by atoms with Gasteiger partial charge in [0.2, 0.25) is 0 Å². The second-order valence-electron chi connectivity index (χ2n) is 8.55. The van der Waals surface area contributed by atoms with E-state index in [-0.39, 0.29) is 35.7 Å². The Hall–Kier alpha value is -3.65. The molecule has 0 fully saturated rings. The molecule has 4 N–H and O–H groups in total. The predicted molar refractivity (Wildman–Crippen MR) is 152 cm³/mol. The Bertz CT molecular complexity index is 981. The number of ether oxygens (including phenoxy) is 1. The maximum absolute atomic E-state index is 12.4. The summed E-state index contributed by atoms with van der Waals surface area (Å²) in [6.07, 6.45) is 22.6. The van der Waals surface area contributed by atoms with Crippen LogP contribution in [0.5, 0.6) is 5.75 Å². The third-order valence-electron chi connectivity index (χ3n) is 5.42. The van der Waals surface area contributed by atoms with Crippen molar-refractivity contribution in [3.63, 3.8) is 0 Å². The molecule has 0 aliphatic heterocycles. The number of phenols is 1. The molecule has 1 aromatic rings. The number of hydrogen-bond donors (Lipinski definition) is 4. The number of aromatic carboxylic acids is 1. The minimum atomic E-state index is -1.30. The van der Waals surface area contributed by atoms with Gasteiger partial charge in [0.05, 0.1) is 6.61 Å². The van der Waals surface area contributed by atoms with Crippen LogP contribution in [0.25, 0.3) is 0 Å². The van der Waals surface area contributed by atoms with E-state index in [1.165, 1.54) is 18.2 Å². The molecule has 0 heterocycles. The fourth-order valence-corrected chi connectivity index (χ4v) is 3.40. The molecule has 208 valence electrons. The van der Waals surface area contributed by atoms with Crippen molar-refractivity contribution >= 4 is 23.5 Å². The normalized spacial score (nSPS) is 12.6. The number of ketones is 1. The van der Waals surface area contributed by atoms with Gasteiger partial charge in [-0.1, -0.05) is 62.5 Å². The van der Waals surface area contributed by atoms with Gasteiger partial charge in [0.25, 0.3) is 0 Å².